The molecule has 3 aromatic rings. The smallest absolute Gasteiger partial charge is 0.264 e. The van der Waals surface area contributed by atoms with Gasteiger partial charge < -0.3 is 10.2 Å². The number of nitrogens with one attached hydrogen (secondary N) is 1. The summed E-state index contributed by atoms with van der Waals surface area (Å²) in [6.45, 7) is 11.2. The van der Waals surface area contributed by atoms with E-state index < -0.39 is 28.5 Å². The lowest BCUT2D eigenvalue weighted by atomic mass is 10.1. The van der Waals surface area contributed by atoms with Crippen molar-refractivity contribution in [3.63, 3.8) is 0 Å². The minimum Gasteiger partial charge on any atom is -0.352 e. The number of nitrogens with zero attached hydrogens (tertiary/aromatic N) is 2. The molecule has 2 atom stereocenters. The molecule has 214 valence electrons. The fourth-order valence-corrected chi connectivity index (χ4v) is 6.09. The highest BCUT2D eigenvalue weighted by atomic mass is 32.2. The van der Waals surface area contributed by atoms with Crippen LogP contribution in [0.2, 0.25) is 0 Å². The lowest BCUT2D eigenvalue weighted by Gasteiger charge is -2.34. The van der Waals surface area contributed by atoms with Gasteiger partial charge in [0.25, 0.3) is 10.0 Å². The Labute approximate surface area is 239 Å². The Kier molecular flexibility index (Phi) is 10.5. The summed E-state index contributed by atoms with van der Waals surface area (Å²) in [5.41, 5.74) is 4.05. The maximum Gasteiger partial charge on any atom is 0.264 e. The van der Waals surface area contributed by atoms with Gasteiger partial charge in [-0.05, 0) is 87.1 Å². The number of benzene rings is 3. The molecular formula is C32H41N3O4S. The predicted octanol–water partition coefficient (Wildman–Crippen LogP) is 5.53. The highest BCUT2D eigenvalue weighted by Crippen LogP contribution is 2.27. The van der Waals surface area contributed by atoms with Crippen molar-refractivity contribution in [2.45, 2.75) is 77.9 Å². The van der Waals surface area contributed by atoms with E-state index in [1.165, 1.54) is 17.0 Å². The lowest BCUT2D eigenvalue weighted by Crippen LogP contribution is -2.53. The van der Waals surface area contributed by atoms with Crippen LogP contribution in [0.3, 0.4) is 0 Å². The number of hydrogen-bond acceptors (Lipinski definition) is 4. The monoisotopic (exact) mass is 563 g/mol. The summed E-state index contributed by atoms with van der Waals surface area (Å²) >= 11 is 0. The van der Waals surface area contributed by atoms with Crippen LogP contribution in [0.4, 0.5) is 5.69 Å². The van der Waals surface area contributed by atoms with Crippen LogP contribution in [0.25, 0.3) is 0 Å². The number of rotatable bonds is 12. The Morgan fingerprint density at radius 2 is 1.45 bits per heavy atom. The molecule has 0 saturated carbocycles. The molecule has 8 heteroatoms. The summed E-state index contributed by atoms with van der Waals surface area (Å²) in [6.07, 6.45) is 1.14. The molecule has 0 aliphatic rings. The zero-order valence-corrected chi connectivity index (χ0v) is 25.2. The lowest BCUT2D eigenvalue weighted by molar-refractivity contribution is -0.140. The number of aryl methyl sites for hydroxylation is 3. The van der Waals surface area contributed by atoms with Crippen LogP contribution < -0.4 is 9.62 Å². The number of anilines is 1. The van der Waals surface area contributed by atoms with Gasteiger partial charge in [0.2, 0.25) is 11.8 Å². The largest absolute Gasteiger partial charge is 0.352 e. The van der Waals surface area contributed by atoms with Gasteiger partial charge in [-0.3, -0.25) is 13.9 Å². The molecule has 0 aliphatic carbocycles. The average Bonchev–Trinajstić information content (AvgIpc) is 2.92. The maximum atomic E-state index is 14.2. The molecule has 2 amide bonds. The molecule has 0 aromatic heterocycles. The topological polar surface area (TPSA) is 86.8 Å². The van der Waals surface area contributed by atoms with Crippen molar-refractivity contribution < 1.29 is 18.0 Å². The molecule has 40 heavy (non-hydrogen) atoms. The van der Waals surface area contributed by atoms with Gasteiger partial charge in [0.15, 0.2) is 0 Å². The van der Waals surface area contributed by atoms with Gasteiger partial charge >= 0.3 is 0 Å². The van der Waals surface area contributed by atoms with Crippen molar-refractivity contribution in [3.8, 4) is 0 Å². The van der Waals surface area contributed by atoms with Gasteiger partial charge in [0.05, 0.1) is 10.6 Å². The van der Waals surface area contributed by atoms with E-state index in [0.29, 0.717) is 12.1 Å². The molecule has 0 heterocycles. The Morgan fingerprint density at radius 3 is 2.02 bits per heavy atom. The third-order valence-corrected chi connectivity index (χ3v) is 8.88. The van der Waals surface area contributed by atoms with Crippen LogP contribution in [0.15, 0.2) is 77.7 Å². The molecule has 0 aliphatic heterocycles. The van der Waals surface area contributed by atoms with Crippen LogP contribution in [-0.2, 0) is 26.2 Å². The van der Waals surface area contributed by atoms with E-state index in [2.05, 4.69) is 5.32 Å². The number of carbonyl (C=O) groups is 2. The second-order valence-electron chi connectivity index (χ2n) is 10.4. The van der Waals surface area contributed by atoms with E-state index in [4.69, 9.17) is 0 Å². The zero-order valence-electron chi connectivity index (χ0n) is 24.3. The highest BCUT2D eigenvalue weighted by Gasteiger charge is 2.34. The van der Waals surface area contributed by atoms with E-state index >= 15 is 0 Å². The number of hydrogen-bond donors (Lipinski definition) is 1. The van der Waals surface area contributed by atoms with Crippen LogP contribution in [0.1, 0.15) is 55.9 Å². The Morgan fingerprint density at radius 1 is 0.850 bits per heavy atom. The normalized spacial score (nSPS) is 12.8. The standard InChI is InChI=1S/C32H41N3O4S/c1-7-26(6)33-32(37)30(8-2)34(21-27-15-13-12-14-25(27)5)31(36)22-35(28-19-23(3)18-24(4)20-28)40(38,39)29-16-10-9-11-17-29/h9-20,26,30H,7-8,21-22H2,1-6H3,(H,33,37)/t26-,30-/m0/s1. The summed E-state index contributed by atoms with van der Waals surface area (Å²) in [4.78, 5) is 29.2. The number of amides is 2. The Hall–Kier alpha value is -3.65. The molecule has 0 fully saturated rings. The van der Waals surface area contributed by atoms with Crippen LogP contribution >= 0.6 is 0 Å². The van der Waals surface area contributed by atoms with E-state index in [1.54, 1.807) is 30.3 Å². The van der Waals surface area contributed by atoms with Crippen molar-refractivity contribution in [2.24, 2.45) is 0 Å². The SMILES string of the molecule is CC[C@H](C)NC(=O)[C@H](CC)N(Cc1ccccc1C)C(=O)CN(c1cc(C)cc(C)c1)S(=O)(=O)c1ccccc1. The first-order chi connectivity index (χ1) is 19.0. The first-order valence-electron chi connectivity index (χ1n) is 13.8. The van der Waals surface area contributed by atoms with Crippen molar-refractivity contribution in [2.75, 3.05) is 10.8 Å². The molecule has 0 bridgehead atoms. The quantitative estimate of drug-likeness (QED) is 0.314. The highest BCUT2D eigenvalue weighted by molar-refractivity contribution is 7.92. The summed E-state index contributed by atoms with van der Waals surface area (Å²) < 4.78 is 29.1. The van der Waals surface area contributed by atoms with Crippen LogP contribution in [-0.4, -0.2) is 43.8 Å². The van der Waals surface area contributed by atoms with E-state index in [1.807, 2.05) is 71.9 Å². The van der Waals surface area contributed by atoms with Gasteiger partial charge in [-0.15, -0.1) is 0 Å². The summed E-state index contributed by atoms with van der Waals surface area (Å²) in [6, 6.07) is 20.5. The number of carbonyl (C=O) groups excluding carboxylic acids is 2. The maximum absolute atomic E-state index is 14.2. The minimum atomic E-state index is -4.09. The second kappa shape index (κ2) is 13.6. The van der Waals surface area contributed by atoms with Gasteiger partial charge in [-0.2, -0.15) is 0 Å². The molecular weight excluding hydrogens is 522 g/mol. The Balaban J connectivity index is 2.09. The van der Waals surface area contributed by atoms with E-state index in [9.17, 15) is 18.0 Å². The number of sulfonamides is 1. The van der Waals surface area contributed by atoms with Gasteiger partial charge in [-0.25, -0.2) is 8.42 Å². The Bertz CT molecular complexity index is 1400. The van der Waals surface area contributed by atoms with Crippen molar-refractivity contribution in [1.29, 1.82) is 0 Å². The van der Waals surface area contributed by atoms with Crippen LogP contribution in [0, 0.1) is 20.8 Å². The fourth-order valence-electron chi connectivity index (χ4n) is 4.67. The van der Waals surface area contributed by atoms with E-state index in [0.717, 1.165) is 33.0 Å². The van der Waals surface area contributed by atoms with Gasteiger partial charge in [0.1, 0.15) is 12.6 Å². The molecule has 3 rings (SSSR count). The summed E-state index contributed by atoms with van der Waals surface area (Å²) in [7, 11) is -4.09. The van der Waals surface area contributed by atoms with Gasteiger partial charge in [0, 0.05) is 12.6 Å². The van der Waals surface area contributed by atoms with Crippen molar-refractivity contribution >= 4 is 27.5 Å². The summed E-state index contributed by atoms with van der Waals surface area (Å²) in [5.74, 6) is -0.698. The minimum absolute atomic E-state index is 0.0535. The zero-order chi connectivity index (χ0) is 29.4. The molecule has 0 spiro atoms. The van der Waals surface area contributed by atoms with Crippen LogP contribution in [0.5, 0.6) is 0 Å². The predicted molar refractivity (Wildman–Crippen MR) is 161 cm³/mol. The van der Waals surface area contributed by atoms with E-state index in [-0.39, 0.29) is 23.4 Å². The molecule has 3 aromatic carbocycles. The molecule has 0 saturated heterocycles. The third kappa shape index (κ3) is 7.50. The third-order valence-electron chi connectivity index (χ3n) is 7.09. The molecule has 0 radical (unpaired) electrons. The summed E-state index contributed by atoms with van der Waals surface area (Å²) in [5, 5.41) is 3.01. The molecule has 7 nitrogen and oxygen atoms in total. The first-order valence-corrected chi connectivity index (χ1v) is 15.2. The van der Waals surface area contributed by atoms with Crippen molar-refractivity contribution in [3.05, 3.63) is 95.1 Å². The second-order valence-corrected chi connectivity index (χ2v) is 12.2. The average molecular weight is 564 g/mol. The first kappa shape index (κ1) is 30.9. The van der Waals surface area contributed by atoms with Gasteiger partial charge in [-0.1, -0.05) is 62.4 Å². The van der Waals surface area contributed by atoms with Crippen molar-refractivity contribution in [1.82, 2.24) is 10.2 Å². The molecule has 1 N–H and O–H groups in total. The fraction of sp³-hybridized carbons (Fsp3) is 0.375. The molecule has 0 unspecified atom stereocenters.